The van der Waals surface area contributed by atoms with Crippen LogP contribution in [0.15, 0.2) is 12.1 Å². The predicted octanol–water partition coefficient (Wildman–Crippen LogP) is 2.72. The third kappa shape index (κ3) is 2.11. The molecule has 2 nitrogen and oxygen atoms in total. The highest BCUT2D eigenvalue weighted by Crippen LogP contribution is 2.42. The SMILES string of the molecule is COc1c(C)ccc(Cl)c1CC1(O)CC1. The van der Waals surface area contributed by atoms with Crippen molar-refractivity contribution in [3.05, 3.63) is 28.3 Å². The van der Waals surface area contributed by atoms with Crippen LogP contribution >= 0.6 is 11.6 Å². The van der Waals surface area contributed by atoms with E-state index < -0.39 is 5.60 Å². The highest BCUT2D eigenvalue weighted by molar-refractivity contribution is 6.31. The topological polar surface area (TPSA) is 29.5 Å². The molecular weight excluding hydrogens is 212 g/mol. The number of methoxy groups -OCH3 is 1. The molecule has 1 fully saturated rings. The lowest BCUT2D eigenvalue weighted by molar-refractivity contribution is 0.150. The number of benzene rings is 1. The normalized spacial score (nSPS) is 17.6. The van der Waals surface area contributed by atoms with Crippen molar-refractivity contribution in [1.82, 2.24) is 0 Å². The Morgan fingerprint density at radius 1 is 1.47 bits per heavy atom. The smallest absolute Gasteiger partial charge is 0.126 e. The van der Waals surface area contributed by atoms with Crippen LogP contribution in [0.1, 0.15) is 24.0 Å². The van der Waals surface area contributed by atoms with Crippen molar-refractivity contribution in [1.29, 1.82) is 0 Å². The van der Waals surface area contributed by atoms with Crippen molar-refractivity contribution in [2.24, 2.45) is 0 Å². The minimum Gasteiger partial charge on any atom is -0.496 e. The summed E-state index contributed by atoms with van der Waals surface area (Å²) in [6.07, 6.45) is 2.32. The quantitative estimate of drug-likeness (QED) is 0.859. The van der Waals surface area contributed by atoms with E-state index in [9.17, 15) is 5.11 Å². The molecule has 0 radical (unpaired) electrons. The van der Waals surface area contributed by atoms with E-state index in [2.05, 4.69) is 0 Å². The summed E-state index contributed by atoms with van der Waals surface area (Å²) in [5.41, 5.74) is 1.45. The first-order valence-corrected chi connectivity index (χ1v) is 5.48. The molecule has 0 spiro atoms. The van der Waals surface area contributed by atoms with Gasteiger partial charge in [0.15, 0.2) is 0 Å². The molecule has 1 saturated carbocycles. The van der Waals surface area contributed by atoms with E-state index in [0.717, 1.165) is 29.7 Å². The number of ether oxygens (including phenoxy) is 1. The van der Waals surface area contributed by atoms with E-state index in [1.807, 2.05) is 19.1 Å². The van der Waals surface area contributed by atoms with E-state index in [4.69, 9.17) is 16.3 Å². The Morgan fingerprint density at radius 3 is 2.67 bits per heavy atom. The first-order valence-electron chi connectivity index (χ1n) is 5.10. The molecule has 0 amide bonds. The summed E-state index contributed by atoms with van der Waals surface area (Å²) in [6.45, 7) is 1.98. The van der Waals surface area contributed by atoms with Gasteiger partial charge in [0.2, 0.25) is 0 Å². The van der Waals surface area contributed by atoms with Gasteiger partial charge in [0.1, 0.15) is 5.75 Å². The first-order chi connectivity index (χ1) is 7.06. The Morgan fingerprint density at radius 2 is 2.13 bits per heavy atom. The molecule has 1 aliphatic carbocycles. The molecule has 15 heavy (non-hydrogen) atoms. The summed E-state index contributed by atoms with van der Waals surface area (Å²) in [7, 11) is 1.64. The summed E-state index contributed by atoms with van der Waals surface area (Å²) >= 11 is 6.12. The van der Waals surface area contributed by atoms with Crippen molar-refractivity contribution in [3.8, 4) is 5.75 Å². The maximum atomic E-state index is 9.90. The fourth-order valence-corrected chi connectivity index (χ4v) is 2.04. The Balaban J connectivity index is 2.38. The van der Waals surface area contributed by atoms with E-state index in [0.29, 0.717) is 11.4 Å². The maximum absolute atomic E-state index is 9.90. The highest BCUT2D eigenvalue weighted by Gasteiger charge is 2.41. The number of aliphatic hydroxyl groups is 1. The summed E-state index contributed by atoms with van der Waals surface area (Å²) in [5.74, 6) is 0.808. The van der Waals surface area contributed by atoms with Crippen molar-refractivity contribution in [2.45, 2.75) is 31.8 Å². The molecule has 2 rings (SSSR count). The number of hydrogen-bond acceptors (Lipinski definition) is 2. The number of hydrogen-bond donors (Lipinski definition) is 1. The van der Waals surface area contributed by atoms with Crippen LogP contribution in [0.25, 0.3) is 0 Å². The van der Waals surface area contributed by atoms with Gasteiger partial charge in [-0.25, -0.2) is 0 Å². The third-order valence-corrected chi connectivity index (χ3v) is 3.29. The molecular formula is C12H15ClO2. The fourth-order valence-electron chi connectivity index (χ4n) is 1.82. The lowest BCUT2D eigenvalue weighted by Crippen LogP contribution is -2.12. The Labute approximate surface area is 94.8 Å². The van der Waals surface area contributed by atoms with Crippen LogP contribution in [-0.4, -0.2) is 17.8 Å². The number of halogens is 1. The minimum absolute atomic E-state index is 0.537. The van der Waals surface area contributed by atoms with Crippen LogP contribution < -0.4 is 4.74 Å². The van der Waals surface area contributed by atoms with Gasteiger partial charge in [-0.1, -0.05) is 17.7 Å². The largest absolute Gasteiger partial charge is 0.496 e. The fraction of sp³-hybridized carbons (Fsp3) is 0.500. The zero-order valence-electron chi connectivity index (χ0n) is 9.01. The average Bonchev–Trinajstić information content (AvgIpc) is 2.91. The summed E-state index contributed by atoms with van der Waals surface area (Å²) in [6, 6.07) is 3.79. The lowest BCUT2D eigenvalue weighted by Gasteiger charge is -2.15. The molecule has 1 aromatic rings. The van der Waals surface area contributed by atoms with Gasteiger partial charge in [-0.05, 0) is 31.4 Å². The Kier molecular flexibility index (Phi) is 2.65. The van der Waals surface area contributed by atoms with Gasteiger partial charge in [-0.2, -0.15) is 0 Å². The molecule has 0 saturated heterocycles. The van der Waals surface area contributed by atoms with Crippen LogP contribution in [0.3, 0.4) is 0 Å². The third-order valence-electron chi connectivity index (χ3n) is 2.94. The van der Waals surface area contributed by atoms with Gasteiger partial charge in [0.25, 0.3) is 0 Å². The van der Waals surface area contributed by atoms with Crippen molar-refractivity contribution < 1.29 is 9.84 Å². The summed E-state index contributed by atoms with van der Waals surface area (Å²) in [4.78, 5) is 0. The van der Waals surface area contributed by atoms with Crippen LogP contribution in [0.2, 0.25) is 5.02 Å². The summed E-state index contributed by atoms with van der Waals surface area (Å²) < 4.78 is 5.34. The maximum Gasteiger partial charge on any atom is 0.126 e. The number of rotatable bonds is 3. The van der Waals surface area contributed by atoms with E-state index in [1.165, 1.54) is 0 Å². The molecule has 82 valence electrons. The van der Waals surface area contributed by atoms with Crippen molar-refractivity contribution >= 4 is 11.6 Å². The molecule has 0 unspecified atom stereocenters. The molecule has 0 bridgehead atoms. The second-order valence-corrected chi connectivity index (χ2v) is 4.68. The van der Waals surface area contributed by atoms with E-state index >= 15 is 0 Å². The molecule has 3 heteroatoms. The van der Waals surface area contributed by atoms with E-state index in [1.54, 1.807) is 7.11 Å². The molecule has 1 aromatic carbocycles. The molecule has 0 heterocycles. The average molecular weight is 227 g/mol. The molecule has 0 aromatic heterocycles. The van der Waals surface area contributed by atoms with Gasteiger partial charge >= 0.3 is 0 Å². The standard InChI is InChI=1S/C12H15ClO2/c1-8-3-4-10(13)9(11(8)15-2)7-12(14)5-6-12/h3-4,14H,5-7H2,1-2H3. The summed E-state index contributed by atoms with van der Waals surface area (Å²) in [5, 5.41) is 10.6. The monoisotopic (exact) mass is 226 g/mol. The zero-order chi connectivity index (χ0) is 11.1. The highest BCUT2D eigenvalue weighted by atomic mass is 35.5. The van der Waals surface area contributed by atoms with Crippen molar-refractivity contribution in [3.63, 3.8) is 0 Å². The van der Waals surface area contributed by atoms with Crippen LogP contribution in [-0.2, 0) is 6.42 Å². The minimum atomic E-state index is -0.537. The van der Waals surface area contributed by atoms with E-state index in [-0.39, 0.29) is 0 Å². The molecule has 1 aliphatic rings. The first kappa shape index (κ1) is 10.8. The van der Waals surface area contributed by atoms with Gasteiger partial charge in [-0.15, -0.1) is 0 Å². The second-order valence-electron chi connectivity index (χ2n) is 4.28. The zero-order valence-corrected chi connectivity index (χ0v) is 9.77. The lowest BCUT2D eigenvalue weighted by atomic mass is 10.0. The van der Waals surface area contributed by atoms with Crippen molar-refractivity contribution in [2.75, 3.05) is 7.11 Å². The van der Waals surface area contributed by atoms with Gasteiger partial charge in [0.05, 0.1) is 12.7 Å². The van der Waals surface area contributed by atoms with Crippen LogP contribution in [0.4, 0.5) is 0 Å². The van der Waals surface area contributed by atoms with Crippen LogP contribution in [0, 0.1) is 6.92 Å². The molecule has 0 aliphatic heterocycles. The van der Waals surface area contributed by atoms with Gasteiger partial charge in [0, 0.05) is 17.0 Å². The predicted molar refractivity (Wildman–Crippen MR) is 60.6 cm³/mol. The van der Waals surface area contributed by atoms with Crippen LogP contribution in [0.5, 0.6) is 5.75 Å². The molecule has 0 atom stereocenters. The van der Waals surface area contributed by atoms with Gasteiger partial charge in [-0.3, -0.25) is 0 Å². The second kappa shape index (κ2) is 3.69. The Hall–Kier alpha value is -0.730. The Bertz CT molecular complexity index is 383. The van der Waals surface area contributed by atoms with Gasteiger partial charge < -0.3 is 9.84 Å². The molecule has 1 N–H and O–H groups in total. The number of aryl methyl sites for hydroxylation is 1.